The Balaban J connectivity index is 1.89. The topological polar surface area (TPSA) is 32.3 Å². The summed E-state index contributed by atoms with van der Waals surface area (Å²) >= 11 is 0. The Morgan fingerprint density at radius 3 is 2.85 bits per heavy atom. The van der Waals surface area contributed by atoms with Crippen molar-refractivity contribution in [1.29, 1.82) is 0 Å². The number of carbonyl (C=O) groups is 1. The molecule has 1 unspecified atom stereocenters. The van der Waals surface area contributed by atoms with Gasteiger partial charge in [-0.1, -0.05) is 56.5 Å². The maximum atomic E-state index is 12.3. The molecule has 1 aliphatic rings. The second-order valence-electron chi connectivity index (χ2n) is 5.61. The number of piperazine rings is 1. The molecule has 0 saturated carbocycles. The van der Waals surface area contributed by atoms with Crippen LogP contribution < -0.4 is 5.32 Å². The van der Waals surface area contributed by atoms with E-state index in [0.29, 0.717) is 12.6 Å². The van der Waals surface area contributed by atoms with E-state index in [4.69, 9.17) is 0 Å². The van der Waals surface area contributed by atoms with Crippen LogP contribution in [0.25, 0.3) is 0 Å². The van der Waals surface area contributed by atoms with Gasteiger partial charge in [-0.25, -0.2) is 0 Å². The molecule has 1 N–H and O–H groups in total. The van der Waals surface area contributed by atoms with Crippen molar-refractivity contribution in [1.82, 2.24) is 10.2 Å². The van der Waals surface area contributed by atoms with E-state index in [2.05, 4.69) is 17.1 Å². The average Bonchev–Trinajstić information content (AvgIpc) is 2.50. The van der Waals surface area contributed by atoms with E-state index in [0.717, 1.165) is 25.2 Å². The highest BCUT2D eigenvalue weighted by Crippen LogP contribution is 2.13. The van der Waals surface area contributed by atoms with Crippen LogP contribution in [0.3, 0.4) is 0 Å². The van der Waals surface area contributed by atoms with Gasteiger partial charge in [0.1, 0.15) is 0 Å². The Kier molecular flexibility index (Phi) is 6.22. The Morgan fingerprint density at radius 1 is 1.30 bits per heavy atom. The molecule has 1 aliphatic heterocycles. The third-order valence-electron chi connectivity index (χ3n) is 4.06. The molecule has 0 aromatic heterocycles. The number of Topliss-reactive ketones (excluding diaryl/α,β-unsaturated/α-hetero) is 1. The fourth-order valence-corrected chi connectivity index (χ4v) is 2.83. The number of unbranched alkanes of at least 4 members (excludes halogenated alkanes) is 2. The summed E-state index contributed by atoms with van der Waals surface area (Å²) in [6.07, 6.45) is 5.00. The molecule has 0 amide bonds. The third kappa shape index (κ3) is 4.43. The summed E-state index contributed by atoms with van der Waals surface area (Å²) in [4.78, 5) is 14.7. The van der Waals surface area contributed by atoms with Gasteiger partial charge in [0, 0.05) is 31.2 Å². The molecule has 2 rings (SSSR count). The molecular formula is C17H26N2O. The summed E-state index contributed by atoms with van der Waals surface area (Å²) < 4.78 is 0. The van der Waals surface area contributed by atoms with Gasteiger partial charge in [-0.3, -0.25) is 9.69 Å². The van der Waals surface area contributed by atoms with Crippen molar-refractivity contribution in [3.8, 4) is 0 Å². The van der Waals surface area contributed by atoms with E-state index in [1.54, 1.807) is 0 Å². The first-order valence-electron chi connectivity index (χ1n) is 7.84. The lowest BCUT2D eigenvalue weighted by Crippen LogP contribution is -2.52. The van der Waals surface area contributed by atoms with E-state index >= 15 is 0 Å². The monoisotopic (exact) mass is 274 g/mol. The number of rotatable bonds is 7. The molecule has 1 saturated heterocycles. The quantitative estimate of drug-likeness (QED) is 0.613. The first kappa shape index (κ1) is 15.2. The van der Waals surface area contributed by atoms with E-state index in [9.17, 15) is 4.79 Å². The SMILES string of the molecule is CCCCCC1CNCCN1CC(=O)c1ccccc1. The molecule has 3 nitrogen and oxygen atoms in total. The first-order chi connectivity index (χ1) is 9.81. The lowest BCUT2D eigenvalue weighted by molar-refractivity contribution is 0.0850. The van der Waals surface area contributed by atoms with Crippen molar-refractivity contribution in [2.45, 2.75) is 38.6 Å². The molecule has 3 heteroatoms. The van der Waals surface area contributed by atoms with Crippen LogP contribution >= 0.6 is 0 Å². The summed E-state index contributed by atoms with van der Waals surface area (Å²) in [5.74, 6) is 0.244. The maximum Gasteiger partial charge on any atom is 0.176 e. The highest BCUT2D eigenvalue weighted by molar-refractivity contribution is 5.97. The summed E-state index contributed by atoms with van der Waals surface area (Å²) in [6.45, 7) is 5.78. The maximum absolute atomic E-state index is 12.3. The Bertz CT molecular complexity index is 405. The standard InChI is InChI=1S/C17H26N2O/c1-2-3-5-10-16-13-18-11-12-19(16)14-17(20)15-8-6-4-7-9-15/h4,6-9,16,18H,2-3,5,10-14H2,1H3. The lowest BCUT2D eigenvalue weighted by Gasteiger charge is -2.35. The normalized spacial score (nSPS) is 19.9. The second-order valence-corrected chi connectivity index (χ2v) is 5.61. The zero-order chi connectivity index (χ0) is 14.2. The van der Waals surface area contributed by atoms with Crippen molar-refractivity contribution in [2.75, 3.05) is 26.2 Å². The summed E-state index contributed by atoms with van der Waals surface area (Å²) in [6, 6.07) is 10.2. The first-order valence-corrected chi connectivity index (χ1v) is 7.84. The van der Waals surface area contributed by atoms with Gasteiger partial charge < -0.3 is 5.32 Å². The van der Waals surface area contributed by atoms with E-state index in [-0.39, 0.29) is 5.78 Å². The Hall–Kier alpha value is -1.19. The molecule has 1 aromatic carbocycles. The summed E-state index contributed by atoms with van der Waals surface area (Å²) in [5.41, 5.74) is 0.832. The number of ketones is 1. The molecular weight excluding hydrogens is 248 g/mol. The van der Waals surface area contributed by atoms with Gasteiger partial charge >= 0.3 is 0 Å². The van der Waals surface area contributed by atoms with Crippen LogP contribution in [0, 0.1) is 0 Å². The van der Waals surface area contributed by atoms with E-state index < -0.39 is 0 Å². The lowest BCUT2D eigenvalue weighted by atomic mass is 10.0. The Labute approximate surface area is 122 Å². The van der Waals surface area contributed by atoms with Crippen molar-refractivity contribution >= 4 is 5.78 Å². The van der Waals surface area contributed by atoms with Gasteiger partial charge in [-0.05, 0) is 6.42 Å². The van der Waals surface area contributed by atoms with Crippen molar-refractivity contribution in [3.63, 3.8) is 0 Å². The predicted octanol–water partition coefficient (Wildman–Crippen LogP) is 2.72. The van der Waals surface area contributed by atoms with Crippen molar-refractivity contribution in [2.24, 2.45) is 0 Å². The third-order valence-corrected chi connectivity index (χ3v) is 4.06. The minimum Gasteiger partial charge on any atom is -0.314 e. The molecule has 1 atom stereocenters. The van der Waals surface area contributed by atoms with Gasteiger partial charge in [-0.2, -0.15) is 0 Å². The van der Waals surface area contributed by atoms with E-state index in [1.165, 1.54) is 25.7 Å². The van der Waals surface area contributed by atoms with Crippen molar-refractivity contribution in [3.05, 3.63) is 35.9 Å². The smallest absolute Gasteiger partial charge is 0.176 e. The number of nitrogens with zero attached hydrogens (tertiary/aromatic N) is 1. The van der Waals surface area contributed by atoms with Crippen LogP contribution in [-0.4, -0.2) is 42.9 Å². The van der Waals surface area contributed by atoms with Crippen molar-refractivity contribution < 1.29 is 4.79 Å². The molecule has 1 aromatic rings. The molecule has 0 bridgehead atoms. The minimum absolute atomic E-state index is 0.244. The molecule has 0 aliphatic carbocycles. The van der Waals surface area contributed by atoms with Crippen LogP contribution in [0.4, 0.5) is 0 Å². The van der Waals surface area contributed by atoms with E-state index in [1.807, 2.05) is 30.3 Å². The highest BCUT2D eigenvalue weighted by Gasteiger charge is 2.23. The molecule has 1 heterocycles. The van der Waals surface area contributed by atoms with Gasteiger partial charge in [0.15, 0.2) is 5.78 Å². The van der Waals surface area contributed by atoms with Crippen LogP contribution in [0.2, 0.25) is 0 Å². The van der Waals surface area contributed by atoms with Gasteiger partial charge in [0.25, 0.3) is 0 Å². The zero-order valence-electron chi connectivity index (χ0n) is 12.5. The minimum atomic E-state index is 0.244. The zero-order valence-corrected chi connectivity index (χ0v) is 12.5. The molecule has 1 fully saturated rings. The fourth-order valence-electron chi connectivity index (χ4n) is 2.83. The largest absolute Gasteiger partial charge is 0.314 e. The average molecular weight is 274 g/mol. The second kappa shape index (κ2) is 8.18. The fraction of sp³-hybridized carbons (Fsp3) is 0.588. The number of nitrogens with one attached hydrogen (secondary N) is 1. The number of carbonyl (C=O) groups excluding carboxylic acids is 1. The summed E-state index contributed by atoms with van der Waals surface area (Å²) in [7, 11) is 0. The van der Waals surface area contributed by atoms with Gasteiger partial charge in [0.2, 0.25) is 0 Å². The predicted molar refractivity (Wildman–Crippen MR) is 83.1 cm³/mol. The van der Waals surface area contributed by atoms with Crippen LogP contribution in [-0.2, 0) is 0 Å². The number of hydrogen-bond acceptors (Lipinski definition) is 3. The van der Waals surface area contributed by atoms with Gasteiger partial charge in [0.05, 0.1) is 6.54 Å². The molecule has 0 radical (unpaired) electrons. The van der Waals surface area contributed by atoms with Crippen LogP contribution in [0.1, 0.15) is 43.0 Å². The molecule has 110 valence electrons. The molecule has 0 spiro atoms. The number of hydrogen-bond donors (Lipinski definition) is 1. The van der Waals surface area contributed by atoms with Crippen LogP contribution in [0.15, 0.2) is 30.3 Å². The Morgan fingerprint density at radius 2 is 2.10 bits per heavy atom. The summed E-state index contributed by atoms with van der Waals surface area (Å²) in [5, 5.41) is 3.45. The highest BCUT2D eigenvalue weighted by atomic mass is 16.1. The van der Waals surface area contributed by atoms with Gasteiger partial charge in [-0.15, -0.1) is 0 Å². The van der Waals surface area contributed by atoms with Crippen LogP contribution in [0.5, 0.6) is 0 Å². The molecule has 20 heavy (non-hydrogen) atoms. The number of benzene rings is 1.